The van der Waals surface area contributed by atoms with Gasteiger partial charge in [0, 0.05) is 22.0 Å². The molecule has 0 bridgehead atoms. The van der Waals surface area contributed by atoms with E-state index in [2.05, 4.69) is 38.1 Å². The average Bonchev–Trinajstić information content (AvgIpc) is 3.44. The van der Waals surface area contributed by atoms with Crippen molar-refractivity contribution in [3.63, 3.8) is 0 Å². The summed E-state index contributed by atoms with van der Waals surface area (Å²) in [7, 11) is 0. The third-order valence-corrected chi connectivity index (χ3v) is 8.05. The molecule has 0 unspecified atom stereocenters. The molecule has 7 rings (SSSR count). The third kappa shape index (κ3) is 4.03. The molecule has 196 valence electrons. The van der Waals surface area contributed by atoms with Crippen LogP contribution < -0.4 is 10.1 Å². The van der Waals surface area contributed by atoms with E-state index in [1.54, 1.807) is 6.07 Å². The van der Waals surface area contributed by atoms with Gasteiger partial charge in [-0.2, -0.15) is 0 Å². The van der Waals surface area contributed by atoms with E-state index in [-0.39, 0.29) is 17.4 Å². The van der Waals surface area contributed by atoms with Crippen molar-refractivity contribution in [3.05, 3.63) is 77.4 Å². The number of aromatic carboxylic acids is 1. The highest BCUT2D eigenvalue weighted by Gasteiger charge is 2.29. The van der Waals surface area contributed by atoms with Crippen LogP contribution in [0.1, 0.15) is 64.3 Å². The molecule has 3 heterocycles. The second-order valence-electron chi connectivity index (χ2n) is 10.4. The molecule has 0 atom stereocenters. The second-order valence-corrected chi connectivity index (χ2v) is 10.4. The number of nitrogens with one attached hydrogen (secondary N) is 2. The number of carbonyl (C=O) groups excluding carboxylic acids is 1. The number of fused-ring (bicyclic) bond motifs is 6. The predicted octanol–water partition coefficient (Wildman–Crippen LogP) is 6.58. The Kier molecular flexibility index (Phi) is 5.61. The van der Waals surface area contributed by atoms with E-state index in [9.17, 15) is 14.7 Å². The number of ether oxygens (including phenoxy) is 1. The molecule has 3 aromatic carbocycles. The van der Waals surface area contributed by atoms with Crippen LogP contribution in [-0.4, -0.2) is 38.1 Å². The molecule has 8 heteroatoms. The van der Waals surface area contributed by atoms with E-state index in [1.165, 1.54) is 60.9 Å². The van der Waals surface area contributed by atoms with Crippen molar-refractivity contribution in [2.24, 2.45) is 0 Å². The summed E-state index contributed by atoms with van der Waals surface area (Å²) < 4.78 is 8.47. The summed E-state index contributed by atoms with van der Waals surface area (Å²) in [5, 5.41) is 13.3. The van der Waals surface area contributed by atoms with Gasteiger partial charge in [-0.3, -0.25) is 10.1 Å². The Bertz CT molecular complexity index is 1760. The highest BCUT2D eigenvalue weighted by atomic mass is 16.5. The quantitative estimate of drug-likeness (QED) is 0.248. The smallest absolute Gasteiger partial charge is 0.335 e. The molecule has 39 heavy (non-hydrogen) atoms. The fraction of sp³-hybridized carbons (Fsp3) is 0.258. The van der Waals surface area contributed by atoms with E-state index in [0.29, 0.717) is 35.7 Å². The summed E-state index contributed by atoms with van der Waals surface area (Å²) in [6.07, 6.45) is 6.11. The summed E-state index contributed by atoms with van der Waals surface area (Å²) in [4.78, 5) is 32.1. The number of aromatic nitrogens is 3. The van der Waals surface area contributed by atoms with Gasteiger partial charge in [-0.1, -0.05) is 37.5 Å². The lowest BCUT2D eigenvalue weighted by Gasteiger charge is -2.23. The van der Waals surface area contributed by atoms with Crippen LogP contribution >= 0.6 is 0 Å². The lowest BCUT2D eigenvalue weighted by atomic mass is 9.81. The molecule has 3 N–H and O–H groups in total. The normalized spacial score (nSPS) is 15.4. The molecule has 5 aromatic rings. The van der Waals surface area contributed by atoms with E-state index >= 15 is 0 Å². The van der Waals surface area contributed by atoms with Crippen molar-refractivity contribution in [1.29, 1.82) is 0 Å². The number of carboxylic acid groups (broad SMARTS) is 1. The first-order chi connectivity index (χ1) is 19.1. The van der Waals surface area contributed by atoms with Crippen LogP contribution in [0.2, 0.25) is 0 Å². The number of hydrogen-bond acceptors (Lipinski definition) is 4. The van der Waals surface area contributed by atoms with Gasteiger partial charge >= 0.3 is 5.97 Å². The molecule has 8 nitrogen and oxygen atoms in total. The summed E-state index contributed by atoms with van der Waals surface area (Å²) in [6.45, 7) is 1.26. The van der Waals surface area contributed by atoms with Gasteiger partial charge in [0.25, 0.3) is 5.91 Å². The molecule has 1 saturated carbocycles. The average molecular weight is 521 g/mol. The maximum Gasteiger partial charge on any atom is 0.335 e. The van der Waals surface area contributed by atoms with Crippen molar-refractivity contribution >= 4 is 39.8 Å². The predicted molar refractivity (Wildman–Crippen MR) is 150 cm³/mol. The number of nitrogens with zero attached hydrogens (tertiary/aromatic N) is 2. The molecule has 0 radical (unpaired) electrons. The molecule has 2 aliphatic rings. The van der Waals surface area contributed by atoms with Crippen LogP contribution in [-0.2, 0) is 6.54 Å². The summed E-state index contributed by atoms with van der Waals surface area (Å²) in [6, 6.07) is 18.8. The van der Waals surface area contributed by atoms with E-state index in [4.69, 9.17) is 4.74 Å². The van der Waals surface area contributed by atoms with Gasteiger partial charge in [-0.15, -0.1) is 0 Å². The number of para-hydroxylation sites is 1. The van der Waals surface area contributed by atoms with Gasteiger partial charge in [0.05, 0.1) is 28.8 Å². The van der Waals surface area contributed by atoms with Gasteiger partial charge in [-0.05, 0) is 66.8 Å². The van der Waals surface area contributed by atoms with Crippen LogP contribution in [0.25, 0.3) is 33.2 Å². The Morgan fingerprint density at radius 3 is 2.67 bits per heavy atom. The van der Waals surface area contributed by atoms with Crippen molar-refractivity contribution in [2.75, 3.05) is 11.9 Å². The summed E-state index contributed by atoms with van der Waals surface area (Å²) in [5.74, 6) is 0.364. The molecule has 1 aliphatic carbocycles. The molecule has 1 fully saturated rings. The van der Waals surface area contributed by atoms with Crippen molar-refractivity contribution in [3.8, 4) is 17.0 Å². The Morgan fingerprint density at radius 2 is 1.82 bits per heavy atom. The van der Waals surface area contributed by atoms with Crippen molar-refractivity contribution in [1.82, 2.24) is 14.5 Å². The number of H-pyrrole nitrogens is 1. The number of aromatic amines is 1. The van der Waals surface area contributed by atoms with Gasteiger partial charge in [-0.25, -0.2) is 9.78 Å². The zero-order valence-corrected chi connectivity index (χ0v) is 21.4. The lowest BCUT2D eigenvalue weighted by molar-refractivity contribution is 0.0696. The van der Waals surface area contributed by atoms with Gasteiger partial charge in [0.2, 0.25) is 5.95 Å². The Morgan fingerprint density at radius 1 is 1.00 bits per heavy atom. The first kappa shape index (κ1) is 23.5. The number of benzene rings is 3. The Labute approximate surface area is 224 Å². The highest BCUT2D eigenvalue weighted by Crippen LogP contribution is 2.47. The number of anilines is 1. The number of hydrogen-bond donors (Lipinski definition) is 3. The fourth-order valence-corrected chi connectivity index (χ4v) is 6.26. The number of rotatable bonds is 4. The molecule has 2 aromatic heterocycles. The van der Waals surface area contributed by atoms with E-state index in [1.807, 2.05) is 24.3 Å². The maximum atomic E-state index is 13.4. The summed E-state index contributed by atoms with van der Waals surface area (Å²) >= 11 is 0. The van der Waals surface area contributed by atoms with Crippen molar-refractivity contribution in [2.45, 2.75) is 44.6 Å². The Balaban J connectivity index is 1.30. The van der Waals surface area contributed by atoms with Crippen LogP contribution in [0.15, 0.2) is 60.7 Å². The van der Waals surface area contributed by atoms with E-state index < -0.39 is 5.97 Å². The standard InChI is InChI=1S/C31H28N4O4/c36-29(34-31-32-23-13-11-20(30(37)38)16-24(23)33-31)19-10-12-21-25(17-19)35-14-15-39-26-9-5-4-8-22(26)28(35)27(21)18-6-2-1-3-7-18/h4-5,8-13,16-18H,1-3,6-7,14-15H2,(H,37,38)(H2,32,33,34,36). The van der Waals surface area contributed by atoms with Crippen molar-refractivity contribution < 1.29 is 19.4 Å². The van der Waals surface area contributed by atoms with E-state index in [0.717, 1.165) is 16.8 Å². The zero-order chi connectivity index (χ0) is 26.5. The SMILES string of the molecule is O=C(O)c1ccc2nc(NC(=O)c3ccc4c(C5CCCCC5)c5n(c4c3)CCOc3ccccc3-5)[nH]c2c1. The third-order valence-electron chi connectivity index (χ3n) is 8.05. The highest BCUT2D eigenvalue weighted by molar-refractivity contribution is 6.07. The second kappa shape index (κ2) is 9.31. The molecule has 0 spiro atoms. The summed E-state index contributed by atoms with van der Waals surface area (Å²) in [5.41, 5.74) is 6.56. The number of carboxylic acids is 1. The van der Waals surface area contributed by atoms with Crippen LogP contribution in [0.3, 0.4) is 0 Å². The maximum absolute atomic E-state index is 13.4. The number of carbonyl (C=O) groups is 2. The molecule has 0 saturated heterocycles. The molecular weight excluding hydrogens is 492 g/mol. The van der Waals surface area contributed by atoms with Crippen LogP contribution in [0.5, 0.6) is 5.75 Å². The first-order valence-corrected chi connectivity index (χ1v) is 13.5. The van der Waals surface area contributed by atoms with Gasteiger partial charge in [0.1, 0.15) is 12.4 Å². The minimum absolute atomic E-state index is 0.155. The van der Waals surface area contributed by atoms with Gasteiger partial charge in [0.15, 0.2) is 0 Å². The van der Waals surface area contributed by atoms with Crippen LogP contribution in [0.4, 0.5) is 5.95 Å². The number of imidazole rings is 1. The minimum Gasteiger partial charge on any atom is -0.491 e. The Hall–Kier alpha value is -4.59. The fourth-order valence-electron chi connectivity index (χ4n) is 6.26. The monoisotopic (exact) mass is 520 g/mol. The molecule has 1 amide bonds. The lowest BCUT2D eigenvalue weighted by Crippen LogP contribution is -2.13. The molecular formula is C31H28N4O4. The zero-order valence-electron chi connectivity index (χ0n) is 21.4. The topological polar surface area (TPSA) is 109 Å². The molecule has 1 aliphatic heterocycles. The largest absolute Gasteiger partial charge is 0.491 e. The van der Waals surface area contributed by atoms with Crippen LogP contribution in [0, 0.1) is 0 Å². The minimum atomic E-state index is -1.02. The number of amides is 1. The van der Waals surface area contributed by atoms with Gasteiger partial charge < -0.3 is 19.4 Å². The first-order valence-electron chi connectivity index (χ1n) is 13.5.